The largest absolute Gasteiger partial charge is 0.464 e. The predicted octanol–water partition coefficient (Wildman–Crippen LogP) is 2.79. The van der Waals surface area contributed by atoms with Crippen molar-refractivity contribution >= 4 is 17.7 Å². The van der Waals surface area contributed by atoms with Crippen LogP contribution in [0, 0.1) is 0 Å². The number of carbonyl (C=O) groups is 1. The molecule has 18 heavy (non-hydrogen) atoms. The number of amides is 1. The Hall–Kier alpha value is -1.33. The second-order valence-electron chi connectivity index (χ2n) is 4.40. The van der Waals surface area contributed by atoms with Crippen LogP contribution in [0.5, 0.6) is 0 Å². The first-order valence-corrected chi connectivity index (χ1v) is 6.32. The first-order valence-electron chi connectivity index (χ1n) is 5.94. The molecule has 1 aliphatic rings. The van der Waals surface area contributed by atoms with Gasteiger partial charge in [-0.1, -0.05) is 24.1 Å². The fraction of sp³-hybridized carbons (Fsp3) is 0.500. The van der Waals surface area contributed by atoms with Crippen LogP contribution in [-0.4, -0.2) is 39.8 Å². The summed E-state index contributed by atoms with van der Waals surface area (Å²) >= 11 is 5.77. The lowest BCUT2D eigenvalue weighted by molar-refractivity contribution is -0.0430. The number of hydrogen-bond donors (Lipinski definition) is 1. The molecule has 1 unspecified atom stereocenters. The number of hydrogen-bond acceptors (Lipinski definition) is 3. The summed E-state index contributed by atoms with van der Waals surface area (Å²) in [5.41, 5.74) is 1.01. The summed E-state index contributed by atoms with van der Waals surface area (Å²) in [4.78, 5) is 15.1. The van der Waals surface area contributed by atoms with Gasteiger partial charge in [-0.25, -0.2) is 19.8 Å². The number of rotatable bonds is 2. The lowest BCUT2D eigenvalue weighted by atomic mass is 9.98. The Morgan fingerprint density at radius 1 is 1.56 bits per heavy atom. The third-order valence-electron chi connectivity index (χ3n) is 3.27. The third kappa shape index (κ3) is 2.73. The van der Waals surface area contributed by atoms with Crippen LogP contribution in [0.25, 0.3) is 0 Å². The van der Waals surface area contributed by atoms with Gasteiger partial charge in [-0.2, -0.15) is 0 Å². The van der Waals surface area contributed by atoms with Gasteiger partial charge in [0.1, 0.15) is 5.15 Å². The quantitative estimate of drug-likeness (QED) is 0.839. The second kappa shape index (κ2) is 5.54. The molecular formula is C12H16ClN3O2. The zero-order valence-corrected chi connectivity index (χ0v) is 11.0. The first kappa shape index (κ1) is 13.1. The molecule has 0 radical (unpaired) electrons. The van der Waals surface area contributed by atoms with Gasteiger partial charge in [0.05, 0.1) is 6.04 Å². The van der Waals surface area contributed by atoms with Gasteiger partial charge in [-0.05, 0) is 24.5 Å². The van der Waals surface area contributed by atoms with Crippen molar-refractivity contribution in [2.75, 3.05) is 13.6 Å². The maximum absolute atomic E-state index is 11.1. The van der Waals surface area contributed by atoms with Gasteiger partial charge in [-0.15, -0.1) is 0 Å². The van der Waals surface area contributed by atoms with E-state index >= 15 is 0 Å². The summed E-state index contributed by atoms with van der Waals surface area (Å²) in [6, 6.07) is 3.71. The van der Waals surface area contributed by atoms with Gasteiger partial charge in [0.15, 0.2) is 0 Å². The molecule has 1 fully saturated rings. The lowest BCUT2D eigenvalue weighted by Crippen LogP contribution is -2.47. The summed E-state index contributed by atoms with van der Waals surface area (Å²) in [6.45, 7) is 0.746. The second-order valence-corrected chi connectivity index (χ2v) is 4.78. The van der Waals surface area contributed by atoms with Crippen molar-refractivity contribution in [2.45, 2.75) is 25.3 Å². The summed E-state index contributed by atoms with van der Waals surface area (Å²) in [5, 5.41) is 12.7. The highest BCUT2D eigenvalue weighted by atomic mass is 35.5. The van der Waals surface area contributed by atoms with Crippen LogP contribution in [0.15, 0.2) is 18.3 Å². The smallest absolute Gasteiger partial charge is 0.421 e. The van der Waals surface area contributed by atoms with E-state index in [0.29, 0.717) is 5.15 Å². The van der Waals surface area contributed by atoms with Crippen molar-refractivity contribution in [3.63, 3.8) is 0 Å². The molecule has 1 saturated heterocycles. The summed E-state index contributed by atoms with van der Waals surface area (Å²) in [7, 11) is 1.57. The van der Waals surface area contributed by atoms with Gasteiger partial charge in [0.25, 0.3) is 0 Å². The number of piperidine rings is 1. The number of carboxylic acid groups (broad SMARTS) is 1. The Kier molecular flexibility index (Phi) is 4.04. The minimum Gasteiger partial charge on any atom is -0.464 e. The lowest BCUT2D eigenvalue weighted by Gasteiger charge is -2.40. The third-order valence-corrected chi connectivity index (χ3v) is 3.50. The van der Waals surface area contributed by atoms with E-state index in [1.807, 2.05) is 11.1 Å². The minimum absolute atomic E-state index is 0.0598. The van der Waals surface area contributed by atoms with E-state index in [-0.39, 0.29) is 6.04 Å². The van der Waals surface area contributed by atoms with Crippen molar-refractivity contribution in [1.29, 1.82) is 0 Å². The van der Waals surface area contributed by atoms with Crippen LogP contribution >= 0.6 is 11.6 Å². The summed E-state index contributed by atoms with van der Waals surface area (Å²) < 4.78 is 0. The molecule has 1 aliphatic heterocycles. The van der Waals surface area contributed by atoms with Crippen LogP contribution in [-0.2, 0) is 0 Å². The van der Waals surface area contributed by atoms with Crippen LogP contribution < -0.4 is 0 Å². The van der Waals surface area contributed by atoms with Crippen LogP contribution in [0.4, 0.5) is 4.79 Å². The molecule has 0 aromatic carbocycles. The topological polar surface area (TPSA) is 56.7 Å². The standard InChI is InChI=1S/C12H16ClN3O2/c1-15(12(17)18)16-7-3-2-4-10(16)9-5-6-11(13)14-8-9/h5-6,8,10H,2-4,7H2,1H3,(H,17,18). The van der Waals surface area contributed by atoms with Gasteiger partial charge in [-0.3, -0.25) is 0 Å². The molecule has 0 saturated carbocycles. The Bertz CT molecular complexity index is 424. The van der Waals surface area contributed by atoms with E-state index in [0.717, 1.165) is 31.4 Å². The fourth-order valence-corrected chi connectivity index (χ4v) is 2.42. The first-order chi connectivity index (χ1) is 8.59. The SMILES string of the molecule is CN(C(=O)O)N1CCCCC1c1ccc(Cl)nc1. The maximum Gasteiger partial charge on any atom is 0.421 e. The molecule has 98 valence electrons. The number of pyridine rings is 1. The summed E-state index contributed by atoms with van der Waals surface area (Å²) in [5.74, 6) is 0. The van der Waals surface area contributed by atoms with Crippen LogP contribution in [0.2, 0.25) is 5.15 Å². The molecular weight excluding hydrogens is 254 g/mol. The van der Waals surface area contributed by atoms with E-state index in [1.165, 1.54) is 5.01 Å². The highest BCUT2D eigenvalue weighted by Crippen LogP contribution is 2.31. The molecule has 0 bridgehead atoms. The van der Waals surface area contributed by atoms with E-state index in [4.69, 9.17) is 16.7 Å². The van der Waals surface area contributed by atoms with Crippen LogP contribution in [0.3, 0.4) is 0 Å². The monoisotopic (exact) mass is 269 g/mol. The number of aromatic nitrogens is 1. The Morgan fingerprint density at radius 3 is 2.94 bits per heavy atom. The molecule has 2 rings (SSSR count). The molecule has 6 heteroatoms. The fourth-order valence-electron chi connectivity index (χ4n) is 2.31. The van der Waals surface area contributed by atoms with Gasteiger partial charge in [0, 0.05) is 19.8 Å². The predicted molar refractivity (Wildman–Crippen MR) is 68.3 cm³/mol. The molecule has 1 N–H and O–H groups in total. The minimum atomic E-state index is -0.941. The molecule has 1 amide bonds. The van der Waals surface area contributed by atoms with Gasteiger partial charge < -0.3 is 5.11 Å². The molecule has 2 heterocycles. The molecule has 1 aromatic rings. The summed E-state index contributed by atoms with van der Waals surface area (Å²) in [6.07, 6.45) is 3.82. The van der Waals surface area contributed by atoms with E-state index in [9.17, 15) is 4.79 Å². The Morgan fingerprint density at radius 2 is 2.33 bits per heavy atom. The highest BCUT2D eigenvalue weighted by Gasteiger charge is 2.29. The zero-order valence-electron chi connectivity index (χ0n) is 10.2. The van der Waals surface area contributed by atoms with Crippen molar-refractivity contribution in [2.24, 2.45) is 0 Å². The van der Waals surface area contributed by atoms with E-state index in [1.54, 1.807) is 19.3 Å². The number of halogens is 1. The number of hydrazine groups is 1. The average Bonchev–Trinajstić information content (AvgIpc) is 2.39. The van der Waals surface area contributed by atoms with Gasteiger partial charge >= 0.3 is 6.09 Å². The van der Waals surface area contributed by atoms with Crippen molar-refractivity contribution in [1.82, 2.24) is 15.0 Å². The molecule has 0 aliphatic carbocycles. The van der Waals surface area contributed by atoms with Crippen LogP contribution in [0.1, 0.15) is 30.9 Å². The number of nitrogens with zero attached hydrogens (tertiary/aromatic N) is 3. The normalized spacial score (nSPS) is 20.7. The Balaban J connectivity index is 2.22. The van der Waals surface area contributed by atoms with Crippen molar-refractivity contribution < 1.29 is 9.90 Å². The van der Waals surface area contributed by atoms with Crippen molar-refractivity contribution in [3.8, 4) is 0 Å². The Labute approximate surface area is 111 Å². The maximum atomic E-state index is 11.1. The van der Waals surface area contributed by atoms with E-state index in [2.05, 4.69) is 4.98 Å². The van der Waals surface area contributed by atoms with Gasteiger partial charge in [0.2, 0.25) is 0 Å². The molecule has 1 atom stereocenters. The van der Waals surface area contributed by atoms with Crippen molar-refractivity contribution in [3.05, 3.63) is 29.0 Å². The average molecular weight is 270 g/mol. The molecule has 5 nitrogen and oxygen atoms in total. The van der Waals surface area contributed by atoms with E-state index < -0.39 is 6.09 Å². The highest BCUT2D eigenvalue weighted by molar-refractivity contribution is 6.29. The molecule has 1 aromatic heterocycles. The zero-order chi connectivity index (χ0) is 13.1. The molecule has 0 spiro atoms.